The Kier molecular flexibility index (Phi) is 7.48. The van der Waals surface area contributed by atoms with Crippen molar-refractivity contribution >= 4 is 27.3 Å². The molecule has 0 saturated heterocycles. The number of carbonyl (C=O) groups is 1. The zero-order valence-corrected chi connectivity index (χ0v) is 20.1. The minimum Gasteiger partial charge on any atom is -0.492 e. The van der Waals surface area contributed by atoms with Crippen LogP contribution in [0.4, 0.5) is 11.4 Å². The second kappa shape index (κ2) is 10.9. The molecule has 35 heavy (non-hydrogen) atoms. The Balaban J connectivity index is 1.77. The van der Waals surface area contributed by atoms with E-state index in [0.717, 1.165) is 5.56 Å². The largest absolute Gasteiger partial charge is 0.492 e. The summed E-state index contributed by atoms with van der Waals surface area (Å²) in [5, 5.41) is 2.88. The number of amides is 1. The van der Waals surface area contributed by atoms with Crippen LogP contribution in [-0.2, 0) is 16.6 Å². The fraction of sp³-hybridized carbons (Fsp3) is 0.107. The van der Waals surface area contributed by atoms with E-state index in [-0.39, 0.29) is 22.7 Å². The quantitative estimate of drug-likeness (QED) is 0.328. The van der Waals surface area contributed by atoms with Gasteiger partial charge >= 0.3 is 0 Å². The van der Waals surface area contributed by atoms with Gasteiger partial charge in [-0.25, -0.2) is 8.42 Å². The maximum Gasteiger partial charge on any atom is 0.264 e. The molecule has 0 aliphatic heterocycles. The molecule has 0 unspecified atom stereocenters. The number of hydrogen-bond donors (Lipinski definition) is 1. The molecule has 0 aromatic heterocycles. The number of nitrogens with zero attached hydrogens (tertiary/aromatic N) is 1. The van der Waals surface area contributed by atoms with Crippen molar-refractivity contribution in [3.63, 3.8) is 0 Å². The van der Waals surface area contributed by atoms with Crippen LogP contribution < -0.4 is 14.4 Å². The fourth-order valence-corrected chi connectivity index (χ4v) is 5.19. The summed E-state index contributed by atoms with van der Waals surface area (Å²) >= 11 is 0. The van der Waals surface area contributed by atoms with Crippen LogP contribution in [0.25, 0.3) is 0 Å². The monoisotopic (exact) mass is 486 g/mol. The number of carbonyl (C=O) groups excluding carboxylic acids is 1. The summed E-state index contributed by atoms with van der Waals surface area (Å²) in [7, 11) is -3.97. The van der Waals surface area contributed by atoms with Crippen molar-refractivity contribution < 1.29 is 17.9 Å². The summed E-state index contributed by atoms with van der Waals surface area (Å²) in [5.41, 5.74) is 1.82. The minimum atomic E-state index is -3.97. The van der Waals surface area contributed by atoms with Gasteiger partial charge in [0.1, 0.15) is 5.75 Å². The maximum absolute atomic E-state index is 13.8. The van der Waals surface area contributed by atoms with E-state index in [1.165, 1.54) is 4.31 Å². The highest BCUT2D eigenvalue weighted by Crippen LogP contribution is 2.31. The molecule has 0 heterocycles. The van der Waals surface area contributed by atoms with E-state index in [0.29, 0.717) is 18.0 Å². The van der Waals surface area contributed by atoms with Crippen molar-refractivity contribution in [2.75, 3.05) is 16.2 Å². The average molecular weight is 487 g/mol. The zero-order valence-electron chi connectivity index (χ0n) is 19.3. The van der Waals surface area contributed by atoms with Gasteiger partial charge in [-0.05, 0) is 48.9 Å². The first-order chi connectivity index (χ1) is 17.0. The molecule has 1 N–H and O–H groups in total. The molecule has 4 rings (SSSR count). The Labute approximate surface area is 205 Å². The normalized spacial score (nSPS) is 11.0. The molecular formula is C28H26N2O4S. The maximum atomic E-state index is 13.8. The molecule has 0 atom stereocenters. The average Bonchev–Trinajstić information content (AvgIpc) is 2.89. The van der Waals surface area contributed by atoms with Crippen LogP contribution in [0, 0.1) is 0 Å². The van der Waals surface area contributed by atoms with Crippen molar-refractivity contribution in [2.45, 2.75) is 18.4 Å². The van der Waals surface area contributed by atoms with Gasteiger partial charge in [0.15, 0.2) is 0 Å². The van der Waals surface area contributed by atoms with E-state index >= 15 is 0 Å². The summed E-state index contributed by atoms with van der Waals surface area (Å²) in [6.07, 6.45) is 0. The molecular weight excluding hydrogens is 460 g/mol. The number of benzene rings is 4. The highest BCUT2D eigenvalue weighted by Gasteiger charge is 2.28. The number of rotatable bonds is 9. The summed E-state index contributed by atoms with van der Waals surface area (Å²) < 4.78 is 34.5. The van der Waals surface area contributed by atoms with Crippen molar-refractivity contribution in [1.29, 1.82) is 0 Å². The van der Waals surface area contributed by atoms with Gasteiger partial charge in [0, 0.05) is 0 Å². The van der Waals surface area contributed by atoms with Crippen LogP contribution in [0.3, 0.4) is 0 Å². The summed E-state index contributed by atoms with van der Waals surface area (Å²) in [6.45, 7) is 2.38. The molecule has 178 valence electrons. The Morgan fingerprint density at radius 3 is 2.11 bits per heavy atom. The van der Waals surface area contributed by atoms with Crippen LogP contribution in [0.5, 0.6) is 5.75 Å². The summed E-state index contributed by atoms with van der Waals surface area (Å²) in [5.74, 6) is 0.105. The number of para-hydroxylation sites is 3. The molecule has 7 heteroatoms. The lowest BCUT2D eigenvalue weighted by Gasteiger charge is -2.26. The lowest BCUT2D eigenvalue weighted by molar-refractivity contribution is 0.102. The van der Waals surface area contributed by atoms with Crippen LogP contribution in [0.1, 0.15) is 22.8 Å². The molecule has 0 spiro atoms. The molecule has 0 aliphatic carbocycles. The van der Waals surface area contributed by atoms with Crippen molar-refractivity contribution in [3.8, 4) is 5.75 Å². The fourth-order valence-electron chi connectivity index (χ4n) is 3.69. The molecule has 0 bridgehead atoms. The molecule has 6 nitrogen and oxygen atoms in total. The van der Waals surface area contributed by atoms with Crippen molar-refractivity contribution in [3.05, 3.63) is 120 Å². The zero-order chi connectivity index (χ0) is 24.7. The third-order valence-electron chi connectivity index (χ3n) is 5.35. The molecule has 1 amide bonds. The number of ether oxygens (including phenoxy) is 1. The van der Waals surface area contributed by atoms with Gasteiger partial charge in [0.25, 0.3) is 15.9 Å². The van der Waals surface area contributed by atoms with Gasteiger partial charge in [-0.3, -0.25) is 9.10 Å². The van der Waals surface area contributed by atoms with Gasteiger partial charge < -0.3 is 10.1 Å². The van der Waals surface area contributed by atoms with Crippen molar-refractivity contribution in [1.82, 2.24) is 0 Å². The van der Waals surface area contributed by atoms with Gasteiger partial charge in [0.2, 0.25) is 0 Å². The second-order valence-corrected chi connectivity index (χ2v) is 9.57. The predicted molar refractivity (Wildman–Crippen MR) is 138 cm³/mol. The highest BCUT2D eigenvalue weighted by molar-refractivity contribution is 7.92. The van der Waals surface area contributed by atoms with Gasteiger partial charge in [-0.15, -0.1) is 0 Å². The van der Waals surface area contributed by atoms with Gasteiger partial charge in [-0.2, -0.15) is 0 Å². The Morgan fingerprint density at radius 1 is 0.800 bits per heavy atom. The van der Waals surface area contributed by atoms with E-state index in [2.05, 4.69) is 5.32 Å². The SMILES string of the molecule is CCOc1ccccc1NC(=O)c1ccccc1N(Cc1ccccc1)S(=O)(=O)c1ccccc1. The molecule has 0 saturated carbocycles. The molecule has 0 aliphatic rings. The highest BCUT2D eigenvalue weighted by atomic mass is 32.2. The molecule has 4 aromatic rings. The summed E-state index contributed by atoms with van der Waals surface area (Å²) in [6, 6.07) is 31.3. The number of anilines is 2. The van der Waals surface area contributed by atoms with E-state index in [9.17, 15) is 13.2 Å². The van der Waals surface area contributed by atoms with Crippen LogP contribution in [0.15, 0.2) is 114 Å². The summed E-state index contributed by atoms with van der Waals surface area (Å²) in [4.78, 5) is 13.6. The van der Waals surface area contributed by atoms with Crippen LogP contribution in [-0.4, -0.2) is 20.9 Å². The topological polar surface area (TPSA) is 75.7 Å². The third-order valence-corrected chi connectivity index (χ3v) is 7.13. The van der Waals surface area contributed by atoms with E-state index in [1.54, 1.807) is 72.8 Å². The Bertz CT molecular complexity index is 1390. The Morgan fingerprint density at radius 2 is 1.40 bits per heavy atom. The first kappa shape index (κ1) is 24.0. The van der Waals surface area contributed by atoms with Crippen molar-refractivity contribution in [2.24, 2.45) is 0 Å². The first-order valence-corrected chi connectivity index (χ1v) is 12.7. The molecule has 4 aromatic carbocycles. The lowest BCUT2D eigenvalue weighted by atomic mass is 10.1. The molecule has 0 fully saturated rings. The second-order valence-electron chi connectivity index (χ2n) is 7.71. The van der Waals surface area contributed by atoms with E-state index in [4.69, 9.17) is 4.74 Å². The van der Waals surface area contributed by atoms with Crippen LogP contribution >= 0.6 is 0 Å². The Hall–Kier alpha value is -4.10. The number of hydrogen-bond acceptors (Lipinski definition) is 4. The number of nitrogens with one attached hydrogen (secondary N) is 1. The van der Waals surface area contributed by atoms with Gasteiger partial charge in [0.05, 0.1) is 35.0 Å². The number of sulfonamides is 1. The minimum absolute atomic E-state index is 0.0674. The first-order valence-electron chi connectivity index (χ1n) is 11.2. The van der Waals surface area contributed by atoms with Gasteiger partial charge in [-0.1, -0.05) is 72.8 Å². The molecule has 0 radical (unpaired) electrons. The van der Waals surface area contributed by atoms with E-state index < -0.39 is 15.9 Å². The lowest BCUT2D eigenvalue weighted by Crippen LogP contribution is -2.32. The third kappa shape index (κ3) is 5.53. The van der Waals surface area contributed by atoms with Crippen LogP contribution in [0.2, 0.25) is 0 Å². The smallest absolute Gasteiger partial charge is 0.264 e. The predicted octanol–water partition coefficient (Wildman–Crippen LogP) is 5.73. The van der Waals surface area contributed by atoms with E-state index in [1.807, 2.05) is 43.3 Å². The standard InChI is InChI=1S/C28H26N2O4S/c1-2-34-27-20-12-10-18-25(27)29-28(31)24-17-9-11-19-26(24)30(21-22-13-5-3-6-14-22)35(32,33)23-15-7-4-8-16-23/h3-20H,2,21H2,1H3,(H,29,31).